The minimum atomic E-state index is -0.680. The lowest BCUT2D eigenvalue weighted by Crippen LogP contribution is -2.40. The molecule has 0 fully saturated rings. The third-order valence-electron chi connectivity index (χ3n) is 5.36. The number of hydrogen-bond acceptors (Lipinski definition) is 6. The normalized spacial score (nSPS) is 19.5. The van der Waals surface area contributed by atoms with Gasteiger partial charge in [0.05, 0.1) is 6.54 Å². The number of amides is 2. The Morgan fingerprint density at radius 3 is 2.72 bits per heavy atom. The molecule has 0 aromatic carbocycles. The number of ether oxygens (including phenoxy) is 1. The van der Waals surface area contributed by atoms with E-state index in [9.17, 15) is 14.4 Å². The van der Waals surface area contributed by atoms with E-state index in [0.717, 1.165) is 12.2 Å². The van der Waals surface area contributed by atoms with Crippen LogP contribution in [0, 0.1) is 5.92 Å². The van der Waals surface area contributed by atoms with Gasteiger partial charge in [-0.2, -0.15) is 0 Å². The van der Waals surface area contributed by atoms with Crippen molar-refractivity contribution in [1.29, 1.82) is 0 Å². The van der Waals surface area contributed by atoms with E-state index >= 15 is 0 Å². The fourth-order valence-electron chi connectivity index (χ4n) is 3.48. The predicted molar refractivity (Wildman–Crippen MR) is 104 cm³/mol. The van der Waals surface area contributed by atoms with E-state index in [2.05, 4.69) is 15.5 Å². The van der Waals surface area contributed by atoms with Gasteiger partial charge in [0, 0.05) is 44.5 Å². The van der Waals surface area contributed by atoms with Gasteiger partial charge in [0.2, 0.25) is 5.91 Å². The maximum Gasteiger partial charge on any atom is 0.289 e. The van der Waals surface area contributed by atoms with Gasteiger partial charge in [0.15, 0.2) is 17.4 Å². The van der Waals surface area contributed by atoms with Crippen LogP contribution >= 0.6 is 0 Å². The Bertz CT molecular complexity index is 842. The molecule has 0 spiro atoms. The highest BCUT2D eigenvalue weighted by molar-refractivity contribution is 6.01. The zero-order valence-corrected chi connectivity index (χ0v) is 17.5. The number of carbonyl (C=O) groups is 3. The number of nitrogens with zero attached hydrogens (tertiary/aromatic N) is 4. The molecule has 1 atom stereocenters. The van der Waals surface area contributed by atoms with E-state index in [1.54, 1.807) is 18.7 Å². The highest BCUT2D eigenvalue weighted by Gasteiger charge is 2.34. The quantitative estimate of drug-likeness (QED) is 0.785. The van der Waals surface area contributed by atoms with Gasteiger partial charge in [0.1, 0.15) is 11.4 Å². The molecule has 3 heterocycles. The van der Waals surface area contributed by atoms with Crippen molar-refractivity contribution in [3.05, 3.63) is 23.5 Å². The second-order valence-electron chi connectivity index (χ2n) is 8.27. The minimum Gasteiger partial charge on any atom is -0.481 e. The molecule has 1 unspecified atom stereocenters. The van der Waals surface area contributed by atoms with Crippen LogP contribution < -0.4 is 5.32 Å². The maximum absolute atomic E-state index is 12.9. The van der Waals surface area contributed by atoms with Crippen molar-refractivity contribution in [2.75, 3.05) is 13.1 Å². The number of fused-ring (bicyclic) bond motifs is 1. The summed E-state index contributed by atoms with van der Waals surface area (Å²) in [5.41, 5.74) is -0.680. The van der Waals surface area contributed by atoms with Gasteiger partial charge in [-0.15, -0.1) is 10.2 Å². The molecule has 2 aliphatic heterocycles. The van der Waals surface area contributed by atoms with Crippen LogP contribution in [0.2, 0.25) is 0 Å². The number of nitrogens with one attached hydrogen (secondary N) is 1. The molecular weight excluding hydrogens is 374 g/mol. The Hall–Kier alpha value is -2.71. The molecule has 0 radical (unpaired) electrons. The van der Waals surface area contributed by atoms with Crippen molar-refractivity contribution >= 4 is 17.6 Å². The molecule has 158 valence electrons. The highest BCUT2D eigenvalue weighted by atomic mass is 16.5. The number of rotatable bonds is 5. The van der Waals surface area contributed by atoms with Crippen molar-refractivity contribution in [2.24, 2.45) is 5.92 Å². The summed E-state index contributed by atoms with van der Waals surface area (Å²) < 4.78 is 7.70. The third kappa shape index (κ3) is 4.83. The molecule has 29 heavy (non-hydrogen) atoms. The summed E-state index contributed by atoms with van der Waals surface area (Å²) in [6.07, 6.45) is 2.88. The van der Waals surface area contributed by atoms with Crippen LogP contribution in [-0.4, -0.2) is 56.0 Å². The van der Waals surface area contributed by atoms with E-state index in [4.69, 9.17) is 4.74 Å². The first kappa shape index (κ1) is 21.0. The molecule has 1 aromatic heterocycles. The lowest BCUT2D eigenvalue weighted by Gasteiger charge is -2.32. The average molecular weight is 403 g/mol. The van der Waals surface area contributed by atoms with Crippen LogP contribution in [0.15, 0.2) is 11.8 Å². The van der Waals surface area contributed by atoms with Crippen LogP contribution in [0.25, 0.3) is 0 Å². The van der Waals surface area contributed by atoms with Crippen LogP contribution in [0.3, 0.4) is 0 Å². The van der Waals surface area contributed by atoms with Gasteiger partial charge in [-0.1, -0.05) is 13.8 Å². The van der Waals surface area contributed by atoms with Crippen molar-refractivity contribution in [1.82, 2.24) is 25.0 Å². The summed E-state index contributed by atoms with van der Waals surface area (Å²) in [6, 6.07) is 0. The second kappa shape index (κ2) is 8.34. The molecule has 1 N–H and O–H groups in total. The fourth-order valence-corrected chi connectivity index (χ4v) is 3.48. The number of hydrogen-bond donors (Lipinski definition) is 1. The summed E-state index contributed by atoms with van der Waals surface area (Å²) in [4.78, 5) is 38.5. The van der Waals surface area contributed by atoms with E-state index in [1.807, 2.05) is 18.4 Å². The maximum atomic E-state index is 12.9. The molecule has 2 aliphatic rings. The fraction of sp³-hybridized carbons (Fsp3) is 0.650. The van der Waals surface area contributed by atoms with Gasteiger partial charge >= 0.3 is 0 Å². The molecule has 9 heteroatoms. The molecule has 3 rings (SSSR count). The number of ketones is 1. The summed E-state index contributed by atoms with van der Waals surface area (Å²) in [5.74, 6) is 1.12. The van der Waals surface area contributed by atoms with E-state index in [0.29, 0.717) is 38.4 Å². The molecule has 0 saturated heterocycles. The minimum absolute atomic E-state index is 0.0102. The van der Waals surface area contributed by atoms with Gasteiger partial charge in [-0.05, 0) is 20.3 Å². The van der Waals surface area contributed by atoms with Crippen LogP contribution in [-0.2, 0) is 38.6 Å². The van der Waals surface area contributed by atoms with Crippen LogP contribution in [0.1, 0.15) is 52.2 Å². The Kier molecular flexibility index (Phi) is 6.04. The summed E-state index contributed by atoms with van der Waals surface area (Å²) in [5, 5.41) is 11.3. The summed E-state index contributed by atoms with van der Waals surface area (Å²) >= 11 is 0. The van der Waals surface area contributed by atoms with Gasteiger partial charge in [0.25, 0.3) is 5.91 Å². The van der Waals surface area contributed by atoms with E-state index in [1.165, 1.54) is 6.08 Å². The Morgan fingerprint density at radius 1 is 1.28 bits per heavy atom. The average Bonchev–Trinajstić information content (AvgIpc) is 2.92. The van der Waals surface area contributed by atoms with Gasteiger partial charge < -0.3 is 19.5 Å². The highest BCUT2D eigenvalue weighted by Crippen LogP contribution is 2.26. The second-order valence-corrected chi connectivity index (χ2v) is 8.27. The molecule has 0 aliphatic carbocycles. The lowest BCUT2D eigenvalue weighted by molar-refractivity contribution is -0.138. The standard InChI is InChI=1S/C20H29N5O4/c1-5-13(2)18(27)21-12-17-23-22-16-6-7-24(8-9-25(16)17)19(28)15-10-14(26)11-20(3,4)29-15/h10,13H,5-9,11-12H2,1-4H3,(H,21,27). The first-order chi connectivity index (χ1) is 13.7. The van der Waals surface area contributed by atoms with Crippen LogP contribution in [0.4, 0.5) is 0 Å². The molecule has 1 aromatic rings. The monoisotopic (exact) mass is 403 g/mol. The first-order valence-electron chi connectivity index (χ1n) is 10.1. The third-order valence-corrected chi connectivity index (χ3v) is 5.36. The zero-order valence-electron chi connectivity index (χ0n) is 17.5. The number of carbonyl (C=O) groups excluding carboxylic acids is 3. The van der Waals surface area contributed by atoms with Gasteiger partial charge in [-0.3, -0.25) is 14.4 Å². The van der Waals surface area contributed by atoms with Crippen LogP contribution in [0.5, 0.6) is 0 Å². The topological polar surface area (TPSA) is 106 Å². The number of aromatic nitrogens is 3. The Morgan fingerprint density at radius 2 is 2.03 bits per heavy atom. The van der Waals surface area contributed by atoms with E-state index < -0.39 is 5.60 Å². The van der Waals surface area contributed by atoms with Crippen molar-refractivity contribution in [2.45, 2.75) is 65.6 Å². The smallest absolute Gasteiger partial charge is 0.289 e. The molecular formula is C20H29N5O4. The molecule has 2 amide bonds. The lowest BCUT2D eigenvalue weighted by atomic mass is 9.98. The van der Waals surface area contributed by atoms with Crippen molar-refractivity contribution in [3.63, 3.8) is 0 Å². The van der Waals surface area contributed by atoms with Crippen molar-refractivity contribution in [3.8, 4) is 0 Å². The number of allylic oxidation sites excluding steroid dienone is 1. The summed E-state index contributed by atoms with van der Waals surface area (Å²) in [6.45, 7) is 9.20. The zero-order chi connectivity index (χ0) is 21.2. The largest absolute Gasteiger partial charge is 0.481 e. The predicted octanol–water partition coefficient (Wildman–Crippen LogP) is 0.977. The Labute approximate surface area is 170 Å². The first-order valence-corrected chi connectivity index (χ1v) is 10.1. The Balaban J connectivity index is 1.65. The van der Waals surface area contributed by atoms with Gasteiger partial charge in [-0.25, -0.2) is 0 Å². The molecule has 9 nitrogen and oxygen atoms in total. The SMILES string of the molecule is CCC(C)C(=O)NCc1nnc2n1CCN(C(=O)C1=CC(=O)CC(C)(C)O1)CC2. The molecule has 0 bridgehead atoms. The summed E-state index contributed by atoms with van der Waals surface area (Å²) in [7, 11) is 0. The van der Waals surface area contributed by atoms with E-state index in [-0.39, 0.29) is 35.7 Å². The molecule has 0 saturated carbocycles. The van der Waals surface area contributed by atoms with Crippen molar-refractivity contribution < 1.29 is 19.1 Å².